The van der Waals surface area contributed by atoms with E-state index in [1.807, 2.05) is 4.90 Å². The predicted octanol–water partition coefficient (Wildman–Crippen LogP) is 3.98. The van der Waals surface area contributed by atoms with Gasteiger partial charge in [-0.25, -0.2) is 0 Å². The first kappa shape index (κ1) is 17.8. The molecule has 0 spiro atoms. The molecule has 26 heavy (non-hydrogen) atoms. The molecule has 142 valence electrons. The third-order valence-electron chi connectivity index (χ3n) is 6.43. The number of benzene rings is 1. The summed E-state index contributed by atoms with van der Waals surface area (Å²) >= 11 is 0. The van der Waals surface area contributed by atoms with Crippen LogP contribution in [0.4, 0.5) is 18.9 Å². The van der Waals surface area contributed by atoms with Gasteiger partial charge in [-0.3, -0.25) is 9.69 Å². The molecule has 1 heterocycles. The Bertz CT molecular complexity index is 667. The number of ketones is 1. The maximum absolute atomic E-state index is 12.9. The summed E-state index contributed by atoms with van der Waals surface area (Å²) in [6, 6.07) is 5.92. The smallest absolute Gasteiger partial charge is 0.369 e. The van der Waals surface area contributed by atoms with Crippen molar-refractivity contribution < 1.29 is 18.0 Å². The predicted molar refractivity (Wildman–Crippen MR) is 94.1 cm³/mol. The van der Waals surface area contributed by atoms with Gasteiger partial charge in [0.05, 0.1) is 5.56 Å². The van der Waals surface area contributed by atoms with Crippen LogP contribution in [0.25, 0.3) is 0 Å². The van der Waals surface area contributed by atoms with E-state index in [9.17, 15) is 18.0 Å². The highest BCUT2D eigenvalue weighted by Gasteiger charge is 2.43. The van der Waals surface area contributed by atoms with Crippen molar-refractivity contribution in [2.45, 2.75) is 44.3 Å². The Kier molecular flexibility index (Phi) is 4.71. The molecule has 0 aromatic heterocycles. The highest BCUT2D eigenvalue weighted by molar-refractivity contribution is 5.85. The van der Waals surface area contributed by atoms with E-state index in [0.717, 1.165) is 51.3 Å². The van der Waals surface area contributed by atoms with E-state index in [-0.39, 0.29) is 11.8 Å². The van der Waals surface area contributed by atoms with E-state index < -0.39 is 11.7 Å². The van der Waals surface area contributed by atoms with E-state index in [1.165, 1.54) is 12.1 Å². The Morgan fingerprint density at radius 3 is 2.46 bits per heavy atom. The second-order valence-corrected chi connectivity index (χ2v) is 7.85. The van der Waals surface area contributed by atoms with Crippen molar-refractivity contribution in [3.05, 3.63) is 29.8 Å². The van der Waals surface area contributed by atoms with Crippen LogP contribution in [-0.2, 0) is 11.0 Å². The summed E-state index contributed by atoms with van der Waals surface area (Å²) in [5, 5.41) is 0. The summed E-state index contributed by atoms with van der Waals surface area (Å²) in [6.07, 6.45) is 1.01. The summed E-state index contributed by atoms with van der Waals surface area (Å²) in [5.74, 6) is 0.937. The number of nitrogens with zero attached hydrogens (tertiary/aromatic N) is 2. The summed E-state index contributed by atoms with van der Waals surface area (Å²) in [6.45, 7) is 3.05. The lowest BCUT2D eigenvalue weighted by Gasteiger charge is -2.47. The van der Waals surface area contributed by atoms with E-state index in [0.29, 0.717) is 30.6 Å². The lowest BCUT2D eigenvalue weighted by Crippen LogP contribution is -2.56. The monoisotopic (exact) mass is 366 g/mol. The number of rotatable bonds is 2. The van der Waals surface area contributed by atoms with E-state index >= 15 is 0 Å². The summed E-state index contributed by atoms with van der Waals surface area (Å²) in [7, 11) is 0. The Balaban J connectivity index is 1.41. The Hall–Kier alpha value is -1.56. The van der Waals surface area contributed by atoms with Gasteiger partial charge < -0.3 is 4.90 Å². The van der Waals surface area contributed by atoms with Gasteiger partial charge in [0.2, 0.25) is 0 Å². The van der Waals surface area contributed by atoms with Crippen molar-refractivity contribution in [1.82, 2.24) is 4.90 Å². The molecule has 0 amide bonds. The SMILES string of the molecule is O=C1C2CCCC1C(N1CCN(c3cccc(C(F)(F)F)c3)CC1)CC2. The zero-order valence-corrected chi connectivity index (χ0v) is 14.8. The van der Waals surface area contributed by atoms with Crippen LogP contribution in [0.15, 0.2) is 24.3 Å². The minimum atomic E-state index is -4.31. The van der Waals surface area contributed by atoms with Crippen LogP contribution in [0.2, 0.25) is 0 Å². The van der Waals surface area contributed by atoms with E-state index in [4.69, 9.17) is 0 Å². The topological polar surface area (TPSA) is 23.6 Å². The number of hydrogen-bond acceptors (Lipinski definition) is 3. The van der Waals surface area contributed by atoms with Gasteiger partial charge in [-0.05, 0) is 43.9 Å². The largest absolute Gasteiger partial charge is 0.416 e. The zero-order chi connectivity index (χ0) is 18.3. The number of hydrogen-bond donors (Lipinski definition) is 0. The van der Waals surface area contributed by atoms with Crippen molar-refractivity contribution >= 4 is 11.5 Å². The van der Waals surface area contributed by atoms with Gasteiger partial charge in [0.1, 0.15) is 5.78 Å². The number of fused-ring (bicyclic) bond motifs is 2. The quantitative estimate of drug-likeness (QED) is 0.791. The molecule has 2 saturated carbocycles. The maximum atomic E-state index is 12.9. The van der Waals surface area contributed by atoms with Gasteiger partial charge in [-0.1, -0.05) is 12.5 Å². The van der Waals surface area contributed by atoms with Gasteiger partial charge in [0, 0.05) is 49.7 Å². The lowest BCUT2D eigenvalue weighted by molar-refractivity contribution is -0.137. The summed E-state index contributed by atoms with van der Waals surface area (Å²) in [4.78, 5) is 17.0. The molecule has 4 rings (SSSR count). The molecule has 2 bridgehead atoms. The molecule has 1 aliphatic heterocycles. The standard InChI is InChI=1S/C20H25F3N2O/c21-20(22,23)15-4-2-5-16(13-15)24-9-11-25(12-10-24)18-8-7-14-3-1-6-17(18)19(14)26/h2,4-5,13-14,17-18H,1,3,6-12H2. The Morgan fingerprint density at radius 2 is 1.73 bits per heavy atom. The van der Waals surface area contributed by atoms with Crippen LogP contribution < -0.4 is 4.90 Å². The maximum Gasteiger partial charge on any atom is 0.416 e. The molecule has 1 aromatic carbocycles. The third-order valence-corrected chi connectivity index (χ3v) is 6.43. The van der Waals surface area contributed by atoms with Crippen molar-refractivity contribution in [3.63, 3.8) is 0 Å². The fourth-order valence-electron chi connectivity index (χ4n) is 5.04. The van der Waals surface area contributed by atoms with E-state index in [2.05, 4.69) is 4.90 Å². The number of carbonyl (C=O) groups is 1. The van der Waals surface area contributed by atoms with Crippen LogP contribution in [0.5, 0.6) is 0 Å². The molecule has 1 saturated heterocycles. The minimum Gasteiger partial charge on any atom is -0.369 e. The van der Waals surface area contributed by atoms with Gasteiger partial charge >= 0.3 is 6.18 Å². The number of Topliss-reactive ketones (excluding diaryl/α,β-unsaturated/α-hetero) is 1. The number of carbonyl (C=O) groups excluding carboxylic acids is 1. The van der Waals surface area contributed by atoms with Gasteiger partial charge in [-0.15, -0.1) is 0 Å². The lowest BCUT2D eigenvalue weighted by atomic mass is 9.68. The first-order chi connectivity index (χ1) is 12.4. The minimum absolute atomic E-state index is 0.183. The number of piperazine rings is 1. The third kappa shape index (κ3) is 3.36. The van der Waals surface area contributed by atoms with Crippen molar-refractivity contribution in [2.24, 2.45) is 11.8 Å². The summed E-state index contributed by atoms with van der Waals surface area (Å²) in [5.41, 5.74) is 0.0421. The molecule has 3 unspecified atom stereocenters. The van der Waals surface area contributed by atoms with Crippen LogP contribution in [0.3, 0.4) is 0 Å². The molecule has 3 aliphatic rings. The first-order valence-electron chi connectivity index (χ1n) is 9.63. The van der Waals surface area contributed by atoms with Gasteiger partial charge in [0.15, 0.2) is 0 Å². The van der Waals surface area contributed by atoms with Gasteiger partial charge in [-0.2, -0.15) is 13.2 Å². The van der Waals surface area contributed by atoms with Crippen LogP contribution in [-0.4, -0.2) is 42.9 Å². The average molecular weight is 366 g/mol. The second kappa shape index (κ2) is 6.87. The molecule has 0 N–H and O–H groups in total. The number of alkyl halides is 3. The van der Waals surface area contributed by atoms with Crippen molar-refractivity contribution in [2.75, 3.05) is 31.1 Å². The molecule has 3 fully saturated rings. The van der Waals surface area contributed by atoms with Crippen LogP contribution in [0.1, 0.15) is 37.7 Å². The Labute approximate surface area is 152 Å². The molecule has 1 aromatic rings. The van der Waals surface area contributed by atoms with Crippen molar-refractivity contribution in [1.29, 1.82) is 0 Å². The average Bonchev–Trinajstić information content (AvgIpc) is 2.61. The molecule has 6 heteroatoms. The molecule has 3 atom stereocenters. The molecular formula is C20H25F3N2O. The van der Waals surface area contributed by atoms with E-state index in [1.54, 1.807) is 6.07 Å². The molecular weight excluding hydrogens is 341 g/mol. The second-order valence-electron chi connectivity index (χ2n) is 7.85. The molecule has 3 nitrogen and oxygen atoms in total. The Morgan fingerprint density at radius 1 is 0.962 bits per heavy atom. The number of anilines is 1. The highest BCUT2D eigenvalue weighted by atomic mass is 19.4. The van der Waals surface area contributed by atoms with Crippen LogP contribution in [0, 0.1) is 11.8 Å². The normalized spacial score (nSPS) is 30.5. The summed E-state index contributed by atoms with van der Waals surface area (Å²) < 4.78 is 38.8. The molecule has 2 aliphatic carbocycles. The molecule has 0 radical (unpaired) electrons. The van der Waals surface area contributed by atoms with Crippen LogP contribution >= 0.6 is 0 Å². The number of halogens is 3. The first-order valence-corrected chi connectivity index (χ1v) is 9.63. The fourth-order valence-corrected chi connectivity index (χ4v) is 5.04. The highest BCUT2D eigenvalue weighted by Crippen LogP contribution is 2.40. The van der Waals surface area contributed by atoms with Gasteiger partial charge in [0.25, 0.3) is 0 Å². The zero-order valence-electron chi connectivity index (χ0n) is 14.8. The van der Waals surface area contributed by atoms with Crippen molar-refractivity contribution in [3.8, 4) is 0 Å². The fraction of sp³-hybridized carbons (Fsp3) is 0.650.